The van der Waals surface area contributed by atoms with Gasteiger partial charge in [-0.1, -0.05) is 18.2 Å². The monoisotopic (exact) mass is 274 g/mol. The molecule has 3 rings (SSSR count). The predicted octanol–water partition coefficient (Wildman–Crippen LogP) is 4.21. The van der Waals surface area contributed by atoms with Crippen molar-refractivity contribution in [2.24, 2.45) is 0 Å². The molecule has 2 aromatic heterocycles. The molecule has 0 aliphatic heterocycles. The van der Waals surface area contributed by atoms with Crippen molar-refractivity contribution in [3.63, 3.8) is 0 Å². The van der Waals surface area contributed by atoms with Crippen molar-refractivity contribution >= 4 is 32.9 Å². The van der Waals surface area contributed by atoms with Crippen LogP contribution in [-0.2, 0) is 6.54 Å². The number of rotatable bonds is 4. The van der Waals surface area contributed by atoms with Gasteiger partial charge in [0.15, 0.2) is 0 Å². The van der Waals surface area contributed by atoms with Crippen molar-refractivity contribution in [2.75, 3.05) is 0 Å². The third-order valence-electron chi connectivity index (χ3n) is 2.87. The molecule has 1 atom stereocenters. The van der Waals surface area contributed by atoms with Crippen LogP contribution < -0.4 is 5.32 Å². The molecular formula is C14H14N2S2. The molecule has 0 aliphatic rings. The Labute approximate surface area is 114 Å². The molecular weight excluding hydrogens is 260 g/mol. The topological polar surface area (TPSA) is 24.9 Å². The normalized spacial score (nSPS) is 12.9. The maximum atomic E-state index is 4.63. The van der Waals surface area contributed by atoms with Crippen LogP contribution in [0.15, 0.2) is 41.8 Å². The highest BCUT2D eigenvalue weighted by Crippen LogP contribution is 2.23. The Kier molecular flexibility index (Phi) is 3.41. The summed E-state index contributed by atoms with van der Waals surface area (Å²) in [6.07, 6.45) is 0. The van der Waals surface area contributed by atoms with Gasteiger partial charge < -0.3 is 5.32 Å². The fraction of sp³-hybridized carbons (Fsp3) is 0.214. The summed E-state index contributed by atoms with van der Waals surface area (Å²) in [5.41, 5.74) is 1.10. The highest BCUT2D eigenvalue weighted by molar-refractivity contribution is 7.18. The van der Waals surface area contributed by atoms with Gasteiger partial charge in [-0.2, -0.15) is 0 Å². The summed E-state index contributed by atoms with van der Waals surface area (Å²) >= 11 is 3.56. The van der Waals surface area contributed by atoms with E-state index in [0.29, 0.717) is 6.04 Å². The standard InChI is InChI=1S/C14H14N2S2/c1-10(12-7-4-8-17-12)15-9-14-16-11-5-2-3-6-13(11)18-14/h2-8,10,15H,9H2,1H3/t10-/m0/s1. The molecule has 1 N–H and O–H groups in total. The highest BCUT2D eigenvalue weighted by Gasteiger charge is 2.07. The van der Waals surface area contributed by atoms with Gasteiger partial charge in [-0.15, -0.1) is 22.7 Å². The maximum absolute atomic E-state index is 4.63. The highest BCUT2D eigenvalue weighted by atomic mass is 32.1. The summed E-state index contributed by atoms with van der Waals surface area (Å²) in [4.78, 5) is 6.00. The van der Waals surface area contributed by atoms with E-state index in [2.05, 4.69) is 52.9 Å². The first-order valence-electron chi connectivity index (χ1n) is 5.94. The van der Waals surface area contributed by atoms with Crippen molar-refractivity contribution in [2.45, 2.75) is 19.5 Å². The summed E-state index contributed by atoms with van der Waals surface area (Å²) in [5.74, 6) is 0. The van der Waals surface area contributed by atoms with Gasteiger partial charge >= 0.3 is 0 Å². The van der Waals surface area contributed by atoms with Crippen LogP contribution >= 0.6 is 22.7 Å². The van der Waals surface area contributed by atoms with Crippen LogP contribution in [0.5, 0.6) is 0 Å². The van der Waals surface area contributed by atoms with Crippen molar-refractivity contribution in [3.05, 3.63) is 51.7 Å². The second kappa shape index (κ2) is 5.18. The summed E-state index contributed by atoms with van der Waals surface area (Å²) in [5, 5.41) is 6.79. The molecule has 1 aromatic carbocycles. The minimum absolute atomic E-state index is 0.386. The first-order chi connectivity index (χ1) is 8.83. The van der Waals surface area contributed by atoms with E-state index in [9.17, 15) is 0 Å². The van der Waals surface area contributed by atoms with Crippen LogP contribution in [0, 0.1) is 0 Å². The number of hydrogen-bond donors (Lipinski definition) is 1. The Balaban J connectivity index is 1.69. The summed E-state index contributed by atoms with van der Waals surface area (Å²) in [6.45, 7) is 3.03. The predicted molar refractivity (Wildman–Crippen MR) is 79.2 cm³/mol. The molecule has 0 saturated carbocycles. The molecule has 0 radical (unpaired) electrons. The number of para-hydroxylation sites is 1. The van der Waals surface area contributed by atoms with Gasteiger partial charge in [0, 0.05) is 17.5 Å². The maximum Gasteiger partial charge on any atom is 0.108 e. The fourth-order valence-electron chi connectivity index (χ4n) is 1.87. The zero-order chi connectivity index (χ0) is 12.4. The number of hydrogen-bond acceptors (Lipinski definition) is 4. The molecule has 2 heterocycles. The van der Waals surface area contributed by atoms with Gasteiger partial charge in [0.2, 0.25) is 0 Å². The minimum Gasteiger partial charge on any atom is -0.303 e. The number of nitrogens with zero attached hydrogens (tertiary/aromatic N) is 1. The third-order valence-corrected chi connectivity index (χ3v) is 4.96. The molecule has 0 aliphatic carbocycles. The molecule has 0 bridgehead atoms. The summed E-state index contributed by atoms with van der Waals surface area (Å²) in [6, 6.07) is 12.9. The minimum atomic E-state index is 0.386. The lowest BCUT2D eigenvalue weighted by molar-refractivity contribution is 0.582. The van der Waals surface area contributed by atoms with E-state index in [1.807, 2.05) is 6.07 Å². The van der Waals surface area contributed by atoms with E-state index in [4.69, 9.17) is 0 Å². The number of benzene rings is 1. The van der Waals surface area contributed by atoms with Gasteiger partial charge in [0.25, 0.3) is 0 Å². The van der Waals surface area contributed by atoms with Crippen molar-refractivity contribution in [1.82, 2.24) is 10.3 Å². The van der Waals surface area contributed by atoms with E-state index in [-0.39, 0.29) is 0 Å². The molecule has 0 spiro atoms. The van der Waals surface area contributed by atoms with Crippen LogP contribution in [0.4, 0.5) is 0 Å². The molecule has 2 nitrogen and oxygen atoms in total. The van der Waals surface area contributed by atoms with Crippen LogP contribution in [0.1, 0.15) is 22.9 Å². The molecule has 4 heteroatoms. The fourth-order valence-corrected chi connectivity index (χ4v) is 3.55. The Hall–Kier alpha value is -1.23. The first-order valence-corrected chi connectivity index (χ1v) is 7.64. The van der Waals surface area contributed by atoms with Crippen molar-refractivity contribution < 1.29 is 0 Å². The van der Waals surface area contributed by atoms with Gasteiger partial charge in [0.05, 0.1) is 10.2 Å². The summed E-state index contributed by atoms with van der Waals surface area (Å²) < 4.78 is 1.26. The van der Waals surface area contributed by atoms with Crippen LogP contribution in [0.3, 0.4) is 0 Å². The lowest BCUT2D eigenvalue weighted by atomic mass is 10.3. The molecule has 0 saturated heterocycles. The third kappa shape index (κ3) is 2.46. The van der Waals surface area contributed by atoms with Crippen LogP contribution in [0.25, 0.3) is 10.2 Å². The zero-order valence-electron chi connectivity index (χ0n) is 10.1. The second-order valence-corrected chi connectivity index (χ2v) is 6.29. The number of thiazole rings is 1. The number of nitrogens with one attached hydrogen (secondary N) is 1. The van der Waals surface area contributed by atoms with E-state index in [0.717, 1.165) is 17.1 Å². The second-order valence-electron chi connectivity index (χ2n) is 4.19. The van der Waals surface area contributed by atoms with Gasteiger partial charge in [-0.25, -0.2) is 4.98 Å². The van der Waals surface area contributed by atoms with E-state index >= 15 is 0 Å². The first kappa shape index (κ1) is 11.8. The van der Waals surface area contributed by atoms with Crippen LogP contribution in [-0.4, -0.2) is 4.98 Å². The molecule has 0 unspecified atom stereocenters. The Morgan fingerprint density at radius 3 is 2.89 bits per heavy atom. The average molecular weight is 274 g/mol. The molecule has 0 fully saturated rings. The number of thiophene rings is 1. The quantitative estimate of drug-likeness (QED) is 0.771. The Morgan fingerprint density at radius 1 is 1.22 bits per heavy atom. The Bertz CT molecular complexity index is 595. The van der Waals surface area contributed by atoms with E-state index < -0.39 is 0 Å². The van der Waals surface area contributed by atoms with Gasteiger partial charge in [-0.05, 0) is 30.5 Å². The van der Waals surface area contributed by atoms with Crippen molar-refractivity contribution in [3.8, 4) is 0 Å². The van der Waals surface area contributed by atoms with Gasteiger partial charge in [0.1, 0.15) is 5.01 Å². The average Bonchev–Trinajstić information content (AvgIpc) is 3.04. The lowest BCUT2D eigenvalue weighted by Crippen LogP contribution is -2.16. The molecule has 0 amide bonds. The van der Waals surface area contributed by atoms with E-state index in [1.165, 1.54) is 9.58 Å². The smallest absolute Gasteiger partial charge is 0.108 e. The van der Waals surface area contributed by atoms with Crippen LogP contribution in [0.2, 0.25) is 0 Å². The lowest BCUT2D eigenvalue weighted by Gasteiger charge is -2.10. The molecule has 18 heavy (non-hydrogen) atoms. The molecule has 3 aromatic rings. The Morgan fingerprint density at radius 2 is 2.11 bits per heavy atom. The zero-order valence-corrected chi connectivity index (χ0v) is 11.7. The molecule has 92 valence electrons. The SMILES string of the molecule is C[C@H](NCc1nc2ccccc2s1)c1cccs1. The van der Waals surface area contributed by atoms with E-state index in [1.54, 1.807) is 22.7 Å². The largest absolute Gasteiger partial charge is 0.303 e. The summed E-state index contributed by atoms with van der Waals surface area (Å²) in [7, 11) is 0. The number of aromatic nitrogens is 1. The number of fused-ring (bicyclic) bond motifs is 1. The van der Waals surface area contributed by atoms with Gasteiger partial charge in [-0.3, -0.25) is 0 Å². The van der Waals surface area contributed by atoms with Crippen molar-refractivity contribution in [1.29, 1.82) is 0 Å².